The van der Waals surface area contributed by atoms with E-state index < -0.39 is 0 Å². The standard InChI is InChI=1S/C18H19ClN4O2/c19-14-3-4-16-17(12-14)25-11-10-23(16)18(24)22-8-6-21(7-9-22)15-2-1-5-20-13-15/h1-5,12-13H,6-11H2. The van der Waals surface area contributed by atoms with E-state index in [0.717, 1.165) is 24.5 Å². The number of piperazine rings is 1. The predicted octanol–water partition coefficient (Wildman–Crippen LogP) is 2.88. The number of anilines is 2. The molecule has 0 radical (unpaired) electrons. The smallest absolute Gasteiger partial charge is 0.324 e. The number of carbonyl (C=O) groups excluding carboxylic acids is 1. The van der Waals surface area contributed by atoms with Crippen molar-refractivity contribution < 1.29 is 9.53 Å². The molecule has 2 amide bonds. The summed E-state index contributed by atoms with van der Waals surface area (Å²) in [5.41, 5.74) is 1.89. The molecule has 0 unspecified atom stereocenters. The van der Waals surface area contributed by atoms with E-state index in [0.29, 0.717) is 37.0 Å². The van der Waals surface area contributed by atoms with Gasteiger partial charge in [-0.05, 0) is 24.3 Å². The Morgan fingerprint density at radius 3 is 2.72 bits per heavy atom. The van der Waals surface area contributed by atoms with Crippen LogP contribution in [0.25, 0.3) is 0 Å². The first-order valence-electron chi connectivity index (χ1n) is 8.36. The average Bonchev–Trinajstić information content (AvgIpc) is 2.67. The number of carbonyl (C=O) groups is 1. The Morgan fingerprint density at radius 2 is 1.96 bits per heavy atom. The van der Waals surface area contributed by atoms with Gasteiger partial charge in [-0.1, -0.05) is 11.6 Å². The first-order chi connectivity index (χ1) is 12.2. The predicted molar refractivity (Wildman–Crippen MR) is 97.7 cm³/mol. The van der Waals surface area contributed by atoms with E-state index >= 15 is 0 Å². The molecule has 3 heterocycles. The number of amides is 2. The first-order valence-corrected chi connectivity index (χ1v) is 8.74. The number of hydrogen-bond acceptors (Lipinski definition) is 4. The van der Waals surface area contributed by atoms with E-state index in [9.17, 15) is 4.79 Å². The highest BCUT2D eigenvalue weighted by Crippen LogP contribution is 2.34. The van der Waals surface area contributed by atoms with Crippen molar-refractivity contribution in [1.82, 2.24) is 9.88 Å². The lowest BCUT2D eigenvalue weighted by molar-refractivity contribution is 0.196. The maximum Gasteiger partial charge on any atom is 0.324 e. The molecule has 0 atom stereocenters. The Hall–Kier alpha value is -2.47. The van der Waals surface area contributed by atoms with Gasteiger partial charge in [-0.2, -0.15) is 0 Å². The fourth-order valence-corrected chi connectivity index (χ4v) is 3.42. The molecule has 7 heteroatoms. The molecule has 2 aromatic rings. The van der Waals surface area contributed by atoms with Crippen molar-refractivity contribution in [3.63, 3.8) is 0 Å². The highest BCUT2D eigenvalue weighted by molar-refractivity contribution is 6.30. The summed E-state index contributed by atoms with van der Waals surface area (Å²) in [6, 6.07) is 9.40. The molecule has 25 heavy (non-hydrogen) atoms. The summed E-state index contributed by atoms with van der Waals surface area (Å²) < 4.78 is 5.63. The van der Waals surface area contributed by atoms with Crippen molar-refractivity contribution in [1.29, 1.82) is 0 Å². The van der Waals surface area contributed by atoms with E-state index in [4.69, 9.17) is 16.3 Å². The zero-order valence-corrected chi connectivity index (χ0v) is 14.5. The topological polar surface area (TPSA) is 48.9 Å². The number of nitrogens with zero attached hydrogens (tertiary/aromatic N) is 4. The molecule has 130 valence electrons. The van der Waals surface area contributed by atoms with Gasteiger partial charge in [0.1, 0.15) is 12.4 Å². The van der Waals surface area contributed by atoms with Crippen LogP contribution in [0.4, 0.5) is 16.2 Å². The lowest BCUT2D eigenvalue weighted by Gasteiger charge is -2.39. The normalized spacial score (nSPS) is 17.1. The Bertz CT molecular complexity index is 763. The maximum atomic E-state index is 13.0. The molecule has 6 nitrogen and oxygen atoms in total. The van der Waals surface area contributed by atoms with Gasteiger partial charge < -0.3 is 14.5 Å². The quantitative estimate of drug-likeness (QED) is 0.786. The highest BCUT2D eigenvalue weighted by atomic mass is 35.5. The largest absolute Gasteiger partial charge is 0.489 e. The third kappa shape index (κ3) is 3.22. The molecule has 0 spiro atoms. The van der Waals surface area contributed by atoms with Crippen LogP contribution in [0.2, 0.25) is 5.02 Å². The second-order valence-electron chi connectivity index (χ2n) is 6.08. The molecule has 1 fully saturated rings. The maximum absolute atomic E-state index is 13.0. The summed E-state index contributed by atoms with van der Waals surface area (Å²) in [4.78, 5) is 23.1. The summed E-state index contributed by atoms with van der Waals surface area (Å²) >= 11 is 6.02. The number of hydrogen-bond donors (Lipinski definition) is 0. The Kier molecular flexibility index (Phi) is 4.36. The number of pyridine rings is 1. The van der Waals surface area contributed by atoms with Crippen LogP contribution >= 0.6 is 11.6 Å². The van der Waals surface area contributed by atoms with Crippen LogP contribution in [0.1, 0.15) is 0 Å². The molecule has 1 aromatic heterocycles. The van der Waals surface area contributed by atoms with Crippen molar-refractivity contribution >= 4 is 29.0 Å². The molecular weight excluding hydrogens is 340 g/mol. The molecule has 0 saturated carbocycles. The van der Waals surface area contributed by atoms with Gasteiger partial charge >= 0.3 is 6.03 Å². The van der Waals surface area contributed by atoms with E-state index in [1.807, 2.05) is 29.3 Å². The summed E-state index contributed by atoms with van der Waals surface area (Å²) in [5, 5.41) is 0.609. The molecule has 4 rings (SSSR count). The van der Waals surface area contributed by atoms with Crippen LogP contribution in [-0.4, -0.2) is 55.2 Å². The fraction of sp³-hybridized carbons (Fsp3) is 0.333. The SMILES string of the molecule is O=C(N1CCN(c2cccnc2)CC1)N1CCOc2cc(Cl)ccc21. The van der Waals surface area contributed by atoms with Gasteiger partial charge in [0, 0.05) is 43.5 Å². The minimum absolute atomic E-state index is 0.0257. The minimum atomic E-state index is 0.0257. The van der Waals surface area contributed by atoms with Crippen molar-refractivity contribution in [3.05, 3.63) is 47.7 Å². The number of benzene rings is 1. The van der Waals surface area contributed by atoms with Crippen LogP contribution < -0.4 is 14.5 Å². The van der Waals surface area contributed by atoms with Gasteiger partial charge in [0.25, 0.3) is 0 Å². The number of halogens is 1. The van der Waals surface area contributed by atoms with Crippen LogP contribution in [-0.2, 0) is 0 Å². The Balaban J connectivity index is 1.45. The second kappa shape index (κ2) is 6.80. The third-order valence-electron chi connectivity index (χ3n) is 4.58. The highest BCUT2D eigenvalue weighted by Gasteiger charge is 2.30. The molecule has 2 aliphatic rings. The van der Waals surface area contributed by atoms with Gasteiger partial charge in [0.15, 0.2) is 0 Å². The number of fused-ring (bicyclic) bond motifs is 1. The number of urea groups is 1. The zero-order chi connectivity index (χ0) is 17.2. The monoisotopic (exact) mass is 358 g/mol. The van der Waals surface area contributed by atoms with Crippen molar-refractivity contribution in [2.24, 2.45) is 0 Å². The molecule has 0 bridgehead atoms. The van der Waals surface area contributed by atoms with Crippen LogP contribution in [0.5, 0.6) is 5.75 Å². The summed E-state index contributed by atoms with van der Waals surface area (Å²) in [6.45, 7) is 4.01. The lowest BCUT2D eigenvalue weighted by Crippen LogP contribution is -2.54. The second-order valence-corrected chi connectivity index (χ2v) is 6.52. The van der Waals surface area contributed by atoms with Crippen LogP contribution in [0.15, 0.2) is 42.7 Å². The minimum Gasteiger partial charge on any atom is -0.489 e. The van der Waals surface area contributed by atoms with Crippen molar-refractivity contribution in [3.8, 4) is 5.75 Å². The van der Waals surface area contributed by atoms with Crippen molar-refractivity contribution in [2.75, 3.05) is 49.1 Å². The van der Waals surface area contributed by atoms with Gasteiger partial charge in [-0.25, -0.2) is 4.79 Å². The van der Waals surface area contributed by atoms with E-state index in [1.165, 1.54) is 0 Å². The Morgan fingerprint density at radius 1 is 1.12 bits per heavy atom. The van der Waals surface area contributed by atoms with E-state index in [2.05, 4.69) is 9.88 Å². The van der Waals surface area contributed by atoms with Gasteiger partial charge in [0.2, 0.25) is 0 Å². The van der Waals surface area contributed by atoms with E-state index in [-0.39, 0.29) is 6.03 Å². The van der Waals surface area contributed by atoms with Crippen molar-refractivity contribution in [2.45, 2.75) is 0 Å². The average molecular weight is 359 g/mol. The number of rotatable bonds is 1. The van der Waals surface area contributed by atoms with E-state index in [1.54, 1.807) is 23.2 Å². The number of ether oxygens (including phenoxy) is 1. The molecule has 1 saturated heterocycles. The molecule has 1 aromatic carbocycles. The van der Waals surface area contributed by atoms with Gasteiger partial charge in [0.05, 0.1) is 24.1 Å². The van der Waals surface area contributed by atoms with Gasteiger partial charge in [-0.3, -0.25) is 9.88 Å². The summed E-state index contributed by atoms with van der Waals surface area (Å²) in [7, 11) is 0. The molecule has 0 aliphatic carbocycles. The molecule has 0 N–H and O–H groups in total. The molecule has 2 aliphatic heterocycles. The van der Waals surface area contributed by atoms with Crippen LogP contribution in [0, 0.1) is 0 Å². The Labute approximate surface area is 151 Å². The van der Waals surface area contributed by atoms with Gasteiger partial charge in [-0.15, -0.1) is 0 Å². The lowest BCUT2D eigenvalue weighted by atomic mass is 10.2. The third-order valence-corrected chi connectivity index (χ3v) is 4.81. The number of aromatic nitrogens is 1. The summed E-state index contributed by atoms with van der Waals surface area (Å²) in [6.07, 6.45) is 3.63. The summed E-state index contributed by atoms with van der Waals surface area (Å²) in [5.74, 6) is 0.668. The fourth-order valence-electron chi connectivity index (χ4n) is 3.26. The van der Waals surface area contributed by atoms with Crippen LogP contribution in [0.3, 0.4) is 0 Å². The molecular formula is C18H19ClN4O2. The zero-order valence-electron chi connectivity index (χ0n) is 13.8. The first kappa shape index (κ1) is 16.0.